The number of Topliss-reactive ketones (excluding diaryl/α,β-unsaturated/α-hetero) is 1. The number of hydrogen-bond acceptors (Lipinski definition) is 3. The van der Waals surface area contributed by atoms with Crippen molar-refractivity contribution < 1.29 is 14.3 Å². The second-order valence-electron chi connectivity index (χ2n) is 7.56. The lowest BCUT2D eigenvalue weighted by Gasteiger charge is -2.11. The van der Waals surface area contributed by atoms with Gasteiger partial charge in [0.25, 0.3) is 0 Å². The lowest BCUT2D eigenvalue weighted by Crippen LogP contribution is -2.12. The van der Waals surface area contributed by atoms with Gasteiger partial charge in [-0.15, -0.1) is 0 Å². The second kappa shape index (κ2) is 9.50. The van der Waals surface area contributed by atoms with E-state index in [-0.39, 0.29) is 11.9 Å². The molecule has 1 unspecified atom stereocenters. The lowest BCUT2D eigenvalue weighted by atomic mass is 9.93. The first-order valence-corrected chi connectivity index (χ1v) is 9.67. The van der Waals surface area contributed by atoms with Crippen LogP contribution in [0.15, 0.2) is 42.5 Å². The summed E-state index contributed by atoms with van der Waals surface area (Å²) in [5, 5.41) is 0. The summed E-state index contributed by atoms with van der Waals surface area (Å²) in [5.74, 6) is 0.766. The Hall–Kier alpha value is -2.42. The first-order valence-electron chi connectivity index (χ1n) is 9.67. The second-order valence-corrected chi connectivity index (χ2v) is 7.56. The average Bonchev–Trinajstić information content (AvgIpc) is 3.00. The number of ketones is 1. The van der Waals surface area contributed by atoms with Crippen molar-refractivity contribution in [2.45, 2.75) is 60.0 Å². The van der Waals surface area contributed by atoms with Crippen molar-refractivity contribution in [2.75, 3.05) is 0 Å². The van der Waals surface area contributed by atoms with E-state index in [2.05, 4.69) is 58.0 Å². The lowest BCUT2D eigenvalue weighted by molar-refractivity contribution is -0.120. The van der Waals surface area contributed by atoms with Crippen LogP contribution in [0.4, 0.5) is 0 Å². The van der Waals surface area contributed by atoms with Gasteiger partial charge in [0, 0.05) is 11.5 Å². The largest absolute Gasteiger partial charge is 0.457 e. The van der Waals surface area contributed by atoms with Crippen LogP contribution in [0.1, 0.15) is 72.6 Å². The van der Waals surface area contributed by atoms with E-state index in [4.69, 9.17) is 4.74 Å². The maximum absolute atomic E-state index is 11.3. The summed E-state index contributed by atoms with van der Waals surface area (Å²) in [7, 11) is 0. The number of hydrogen-bond donors (Lipinski definition) is 0. The van der Waals surface area contributed by atoms with Crippen LogP contribution in [-0.2, 0) is 22.6 Å². The fourth-order valence-electron chi connectivity index (χ4n) is 3.19. The van der Waals surface area contributed by atoms with E-state index in [1.807, 2.05) is 12.1 Å². The normalized spacial score (nSPS) is 13.5. The predicted molar refractivity (Wildman–Crippen MR) is 109 cm³/mol. The summed E-state index contributed by atoms with van der Waals surface area (Å²) < 4.78 is 4.92. The number of aryl methyl sites for hydroxylation is 1. The number of carbonyl (C=O) groups excluding carboxylic acids is 2. The van der Waals surface area contributed by atoms with E-state index >= 15 is 0 Å². The van der Waals surface area contributed by atoms with Gasteiger partial charge >= 0.3 is 5.97 Å². The Morgan fingerprint density at radius 1 is 1.15 bits per heavy atom. The van der Waals surface area contributed by atoms with Crippen LogP contribution >= 0.6 is 0 Å². The van der Waals surface area contributed by atoms with Crippen molar-refractivity contribution >= 4 is 11.8 Å². The van der Waals surface area contributed by atoms with E-state index in [0.29, 0.717) is 18.3 Å². The van der Waals surface area contributed by atoms with Gasteiger partial charge in [0.2, 0.25) is 0 Å². The molecule has 1 aliphatic rings. The molecule has 0 aliphatic carbocycles. The summed E-state index contributed by atoms with van der Waals surface area (Å²) in [5.41, 5.74) is 5.48. The van der Waals surface area contributed by atoms with Crippen molar-refractivity contribution in [2.24, 2.45) is 5.92 Å². The van der Waals surface area contributed by atoms with Crippen molar-refractivity contribution in [3.05, 3.63) is 70.3 Å². The first kappa shape index (κ1) is 20.9. The van der Waals surface area contributed by atoms with Crippen LogP contribution in [0.25, 0.3) is 0 Å². The van der Waals surface area contributed by atoms with Crippen molar-refractivity contribution in [3.63, 3.8) is 0 Å². The number of carbonyl (C=O) groups is 2. The minimum absolute atomic E-state index is 0.183. The highest BCUT2D eigenvalue weighted by atomic mass is 16.5. The Balaban J connectivity index is 0.000000194. The summed E-state index contributed by atoms with van der Waals surface area (Å²) in [6, 6.07) is 14.4. The standard InChI is InChI=1S/C13H18O.C11H12O2/c1-4-13(11(3)14)9-12-7-5-6-10(2)8-12;1-7(2)8-3-4-9-6-13-11(12)10(9)5-8/h5-8,13H,4,9H2,1-3H3;3-5,7H,6H2,1-2H3. The molecule has 1 atom stereocenters. The molecule has 3 rings (SSSR count). The van der Waals surface area contributed by atoms with Gasteiger partial charge in [0.15, 0.2) is 0 Å². The Labute approximate surface area is 162 Å². The van der Waals surface area contributed by atoms with Gasteiger partial charge < -0.3 is 4.74 Å². The Morgan fingerprint density at radius 3 is 2.48 bits per heavy atom. The molecule has 144 valence electrons. The predicted octanol–water partition coefficient (Wildman–Crippen LogP) is 5.63. The van der Waals surface area contributed by atoms with Gasteiger partial charge in [-0.3, -0.25) is 4.79 Å². The maximum atomic E-state index is 11.3. The molecule has 3 heteroatoms. The molecular weight excluding hydrogens is 336 g/mol. The summed E-state index contributed by atoms with van der Waals surface area (Å²) in [6.45, 7) is 10.5. The highest BCUT2D eigenvalue weighted by Gasteiger charge is 2.21. The molecule has 1 aliphatic heterocycles. The molecule has 0 saturated heterocycles. The molecule has 0 fully saturated rings. The third-order valence-corrected chi connectivity index (χ3v) is 5.01. The van der Waals surface area contributed by atoms with E-state index in [1.165, 1.54) is 16.7 Å². The molecule has 1 heterocycles. The van der Waals surface area contributed by atoms with E-state index in [9.17, 15) is 9.59 Å². The number of benzene rings is 2. The van der Waals surface area contributed by atoms with Gasteiger partial charge in [-0.05, 0) is 49.8 Å². The quantitative estimate of drug-likeness (QED) is 0.644. The monoisotopic (exact) mass is 366 g/mol. The molecule has 0 aromatic heterocycles. The maximum Gasteiger partial charge on any atom is 0.338 e. The van der Waals surface area contributed by atoms with E-state index < -0.39 is 0 Å². The Morgan fingerprint density at radius 2 is 1.89 bits per heavy atom. The number of esters is 1. The number of ether oxygens (including phenoxy) is 1. The Kier molecular flexibility index (Phi) is 7.35. The van der Waals surface area contributed by atoms with Crippen molar-refractivity contribution in [3.8, 4) is 0 Å². The molecule has 3 nitrogen and oxygen atoms in total. The summed E-state index contributed by atoms with van der Waals surface area (Å²) in [4.78, 5) is 22.5. The molecule has 0 saturated carbocycles. The highest BCUT2D eigenvalue weighted by Crippen LogP contribution is 2.24. The minimum atomic E-state index is -0.183. The molecule has 0 amide bonds. The molecule has 0 spiro atoms. The zero-order chi connectivity index (χ0) is 20.0. The van der Waals surface area contributed by atoms with Crippen LogP contribution in [-0.4, -0.2) is 11.8 Å². The van der Waals surface area contributed by atoms with Gasteiger partial charge in [0.1, 0.15) is 12.4 Å². The average molecular weight is 367 g/mol. The van der Waals surface area contributed by atoms with Crippen LogP contribution in [0.2, 0.25) is 0 Å². The molecule has 0 N–H and O–H groups in total. The van der Waals surface area contributed by atoms with E-state index in [1.54, 1.807) is 6.92 Å². The van der Waals surface area contributed by atoms with Gasteiger partial charge in [-0.1, -0.05) is 62.7 Å². The fraction of sp³-hybridized carbons (Fsp3) is 0.417. The smallest absolute Gasteiger partial charge is 0.338 e. The van der Waals surface area contributed by atoms with Crippen LogP contribution in [0.5, 0.6) is 0 Å². The number of cyclic esters (lactones) is 1. The molecule has 0 radical (unpaired) electrons. The third kappa shape index (κ3) is 5.78. The van der Waals surface area contributed by atoms with Gasteiger partial charge in [-0.2, -0.15) is 0 Å². The van der Waals surface area contributed by atoms with E-state index in [0.717, 1.165) is 24.0 Å². The van der Waals surface area contributed by atoms with Crippen molar-refractivity contribution in [1.82, 2.24) is 0 Å². The first-order chi connectivity index (χ1) is 12.8. The molecule has 2 aromatic rings. The van der Waals surface area contributed by atoms with Gasteiger partial charge in [0.05, 0.1) is 5.56 Å². The summed E-state index contributed by atoms with van der Waals surface area (Å²) in [6.07, 6.45) is 1.82. The minimum Gasteiger partial charge on any atom is -0.457 e. The SMILES string of the molecule is CC(C)c1ccc2c(c1)C(=O)OC2.CCC(Cc1cccc(C)c1)C(C)=O. The fourth-order valence-corrected chi connectivity index (χ4v) is 3.19. The summed E-state index contributed by atoms with van der Waals surface area (Å²) >= 11 is 0. The van der Waals surface area contributed by atoms with Crippen LogP contribution < -0.4 is 0 Å². The topological polar surface area (TPSA) is 43.4 Å². The molecular formula is C24H30O3. The number of rotatable bonds is 5. The zero-order valence-corrected chi connectivity index (χ0v) is 17.0. The Bertz CT molecular complexity index is 805. The zero-order valence-electron chi connectivity index (χ0n) is 17.0. The van der Waals surface area contributed by atoms with Crippen LogP contribution in [0, 0.1) is 12.8 Å². The number of fused-ring (bicyclic) bond motifs is 1. The molecule has 27 heavy (non-hydrogen) atoms. The third-order valence-electron chi connectivity index (χ3n) is 5.01. The molecule has 0 bridgehead atoms. The van der Waals surface area contributed by atoms with Gasteiger partial charge in [-0.25, -0.2) is 4.79 Å². The molecule has 2 aromatic carbocycles. The highest BCUT2D eigenvalue weighted by molar-refractivity contribution is 5.93. The van der Waals surface area contributed by atoms with Crippen LogP contribution in [0.3, 0.4) is 0 Å². The van der Waals surface area contributed by atoms with Crippen molar-refractivity contribution in [1.29, 1.82) is 0 Å².